The Morgan fingerprint density at radius 1 is 0.917 bits per heavy atom. The molecule has 0 saturated carbocycles. The fraction of sp³-hybridized carbons (Fsp3) is 0. The van der Waals surface area contributed by atoms with Crippen LogP contribution in [0.2, 0.25) is 0 Å². The molecular formula is C20H17N3O. The van der Waals surface area contributed by atoms with E-state index in [0.29, 0.717) is 5.56 Å². The van der Waals surface area contributed by atoms with E-state index >= 15 is 0 Å². The first-order valence-electron chi connectivity index (χ1n) is 7.62. The first-order valence-corrected chi connectivity index (χ1v) is 7.62. The Hall–Kier alpha value is -3.40. The summed E-state index contributed by atoms with van der Waals surface area (Å²) in [5.41, 5.74) is 5.01. The van der Waals surface area contributed by atoms with E-state index in [1.165, 1.54) is 0 Å². The van der Waals surface area contributed by atoms with Gasteiger partial charge in [0, 0.05) is 18.6 Å². The van der Waals surface area contributed by atoms with E-state index in [4.69, 9.17) is 0 Å². The summed E-state index contributed by atoms with van der Waals surface area (Å²) in [4.78, 5) is 12.3. The molecule has 118 valence electrons. The van der Waals surface area contributed by atoms with Crippen molar-refractivity contribution in [3.8, 4) is 5.69 Å². The van der Waals surface area contributed by atoms with Crippen molar-refractivity contribution in [3.05, 3.63) is 96.3 Å². The van der Waals surface area contributed by atoms with Crippen molar-refractivity contribution in [3.63, 3.8) is 0 Å². The monoisotopic (exact) mass is 315 g/mol. The van der Waals surface area contributed by atoms with Crippen LogP contribution in [0, 0.1) is 0 Å². The molecule has 0 bridgehead atoms. The van der Waals surface area contributed by atoms with Crippen molar-refractivity contribution in [2.45, 2.75) is 0 Å². The van der Waals surface area contributed by atoms with Gasteiger partial charge in [0.05, 0.1) is 11.3 Å². The highest BCUT2D eigenvalue weighted by Gasteiger charge is 2.10. The van der Waals surface area contributed by atoms with E-state index in [0.717, 1.165) is 11.3 Å². The molecular weight excluding hydrogens is 298 g/mol. The Morgan fingerprint density at radius 2 is 1.62 bits per heavy atom. The number of carbonyl (C=O) groups is 1. The van der Waals surface area contributed by atoms with Gasteiger partial charge in [-0.1, -0.05) is 48.5 Å². The zero-order valence-electron chi connectivity index (χ0n) is 13.0. The van der Waals surface area contributed by atoms with Crippen molar-refractivity contribution in [1.82, 2.24) is 9.99 Å². The van der Waals surface area contributed by atoms with Crippen LogP contribution in [0.5, 0.6) is 0 Å². The maximum Gasteiger partial charge on any atom is 0.273 e. The molecule has 4 heteroatoms. The highest BCUT2D eigenvalue weighted by molar-refractivity contribution is 5.98. The van der Waals surface area contributed by atoms with Gasteiger partial charge < -0.3 is 4.57 Å². The number of allylic oxidation sites excluding steroid dienone is 1. The number of para-hydroxylation sites is 1. The second-order valence-electron chi connectivity index (χ2n) is 5.10. The minimum absolute atomic E-state index is 0.247. The first kappa shape index (κ1) is 15.5. The zero-order valence-corrected chi connectivity index (χ0v) is 13.0. The number of carbonyl (C=O) groups excluding carboxylic acids is 1. The molecule has 0 unspecified atom stereocenters. The molecule has 2 aromatic carbocycles. The van der Waals surface area contributed by atoms with Gasteiger partial charge in [0.15, 0.2) is 0 Å². The van der Waals surface area contributed by atoms with Crippen LogP contribution in [0.4, 0.5) is 0 Å². The van der Waals surface area contributed by atoms with Gasteiger partial charge in [0.2, 0.25) is 0 Å². The maximum atomic E-state index is 12.3. The summed E-state index contributed by atoms with van der Waals surface area (Å²) in [6.07, 6.45) is 9.07. The molecule has 1 N–H and O–H groups in total. The summed E-state index contributed by atoms with van der Waals surface area (Å²) in [5, 5.41) is 3.96. The predicted molar refractivity (Wildman–Crippen MR) is 97.2 cm³/mol. The lowest BCUT2D eigenvalue weighted by Gasteiger charge is -2.08. The van der Waals surface area contributed by atoms with Crippen LogP contribution in [0.25, 0.3) is 11.8 Å². The lowest BCUT2D eigenvalue weighted by Crippen LogP contribution is -2.19. The van der Waals surface area contributed by atoms with Crippen LogP contribution in [-0.2, 0) is 0 Å². The van der Waals surface area contributed by atoms with Crippen LogP contribution in [0.15, 0.2) is 90.3 Å². The molecule has 0 aliphatic carbocycles. The number of hydrazone groups is 1. The van der Waals surface area contributed by atoms with Crippen molar-refractivity contribution >= 4 is 18.2 Å². The average molecular weight is 315 g/mol. The number of nitrogens with zero attached hydrogens (tertiary/aromatic N) is 2. The molecule has 1 heterocycles. The molecule has 3 rings (SSSR count). The topological polar surface area (TPSA) is 46.4 Å². The number of aromatic nitrogens is 1. The number of hydrogen-bond acceptors (Lipinski definition) is 2. The summed E-state index contributed by atoms with van der Waals surface area (Å²) in [6, 6.07) is 21.1. The smallest absolute Gasteiger partial charge is 0.273 e. The van der Waals surface area contributed by atoms with Gasteiger partial charge in [-0.05, 0) is 35.9 Å². The van der Waals surface area contributed by atoms with Gasteiger partial charge in [-0.25, -0.2) is 5.43 Å². The van der Waals surface area contributed by atoms with E-state index in [9.17, 15) is 4.79 Å². The molecule has 0 saturated heterocycles. The van der Waals surface area contributed by atoms with Crippen LogP contribution in [0.1, 0.15) is 15.9 Å². The standard InChI is InChI=1S/C20H17N3O/c24-20(22-21-14-8-11-17-9-2-1-3-10-17)18-12-4-5-13-19(18)23-15-6-7-16-23/h1-16H,(H,22,24). The Labute approximate surface area is 140 Å². The van der Waals surface area contributed by atoms with Gasteiger partial charge in [-0.3, -0.25) is 4.79 Å². The van der Waals surface area contributed by atoms with Gasteiger partial charge in [0.1, 0.15) is 0 Å². The second-order valence-corrected chi connectivity index (χ2v) is 5.10. The average Bonchev–Trinajstić information content (AvgIpc) is 3.17. The third kappa shape index (κ3) is 3.87. The first-order chi connectivity index (χ1) is 11.8. The minimum atomic E-state index is -0.247. The van der Waals surface area contributed by atoms with Crippen LogP contribution >= 0.6 is 0 Å². The van der Waals surface area contributed by atoms with E-state index in [2.05, 4.69) is 10.5 Å². The van der Waals surface area contributed by atoms with Crippen LogP contribution < -0.4 is 5.43 Å². The number of benzene rings is 2. The quantitative estimate of drug-likeness (QED) is 0.563. The highest BCUT2D eigenvalue weighted by Crippen LogP contribution is 2.14. The number of nitrogens with one attached hydrogen (secondary N) is 1. The maximum absolute atomic E-state index is 12.3. The molecule has 0 aliphatic heterocycles. The Bertz CT molecular complexity index is 850. The van der Waals surface area contributed by atoms with Crippen molar-refractivity contribution in [2.24, 2.45) is 5.10 Å². The summed E-state index contributed by atoms with van der Waals surface area (Å²) >= 11 is 0. The lowest BCUT2D eigenvalue weighted by atomic mass is 10.1. The molecule has 1 aromatic heterocycles. The van der Waals surface area contributed by atoms with E-state index in [-0.39, 0.29) is 5.91 Å². The molecule has 1 amide bonds. The molecule has 0 aliphatic rings. The van der Waals surface area contributed by atoms with E-state index in [1.807, 2.05) is 83.7 Å². The number of rotatable bonds is 5. The second kappa shape index (κ2) is 7.74. The van der Waals surface area contributed by atoms with E-state index < -0.39 is 0 Å². The molecule has 0 fully saturated rings. The van der Waals surface area contributed by atoms with Gasteiger partial charge in [-0.2, -0.15) is 5.10 Å². The van der Waals surface area contributed by atoms with Crippen molar-refractivity contribution < 1.29 is 4.79 Å². The Balaban J connectivity index is 1.66. The fourth-order valence-electron chi connectivity index (χ4n) is 2.30. The number of amides is 1. The predicted octanol–water partition coefficient (Wildman–Crippen LogP) is 3.91. The van der Waals surface area contributed by atoms with Gasteiger partial charge in [0.25, 0.3) is 5.91 Å². The molecule has 4 nitrogen and oxygen atoms in total. The third-order valence-corrected chi connectivity index (χ3v) is 3.45. The normalized spacial score (nSPS) is 11.2. The van der Waals surface area contributed by atoms with Crippen LogP contribution in [0.3, 0.4) is 0 Å². The van der Waals surface area contributed by atoms with Crippen molar-refractivity contribution in [2.75, 3.05) is 0 Å². The summed E-state index contributed by atoms with van der Waals surface area (Å²) in [7, 11) is 0. The van der Waals surface area contributed by atoms with Crippen molar-refractivity contribution in [1.29, 1.82) is 0 Å². The van der Waals surface area contributed by atoms with Gasteiger partial charge >= 0.3 is 0 Å². The van der Waals surface area contributed by atoms with E-state index in [1.54, 1.807) is 18.4 Å². The molecule has 24 heavy (non-hydrogen) atoms. The van der Waals surface area contributed by atoms with Crippen LogP contribution in [-0.4, -0.2) is 16.7 Å². The molecule has 3 aromatic rings. The Kier molecular flexibility index (Phi) is 5.00. The largest absolute Gasteiger partial charge is 0.323 e. The summed E-state index contributed by atoms with van der Waals surface area (Å²) in [5.74, 6) is -0.247. The SMILES string of the molecule is O=C(NN=CC=Cc1ccccc1)c1ccccc1-n1cccc1. The number of hydrogen-bond donors (Lipinski definition) is 1. The summed E-state index contributed by atoms with van der Waals surface area (Å²) in [6.45, 7) is 0. The fourth-order valence-corrected chi connectivity index (χ4v) is 2.30. The Morgan fingerprint density at radius 3 is 2.42 bits per heavy atom. The molecule has 0 spiro atoms. The lowest BCUT2D eigenvalue weighted by molar-refractivity contribution is 0.0955. The molecule has 0 radical (unpaired) electrons. The summed E-state index contributed by atoms with van der Waals surface area (Å²) < 4.78 is 1.90. The third-order valence-electron chi connectivity index (χ3n) is 3.45. The highest BCUT2D eigenvalue weighted by atomic mass is 16.2. The minimum Gasteiger partial charge on any atom is -0.323 e. The molecule has 0 atom stereocenters. The van der Waals surface area contributed by atoms with Gasteiger partial charge in [-0.15, -0.1) is 0 Å². The zero-order chi connectivity index (χ0) is 16.6.